The highest BCUT2D eigenvalue weighted by molar-refractivity contribution is 6.03. The molecular weight excluding hydrogens is 354 g/mol. The molecule has 1 fully saturated rings. The van der Waals surface area contributed by atoms with Crippen LogP contribution in [0.5, 0.6) is 5.75 Å². The molecule has 0 aromatic heterocycles. The summed E-state index contributed by atoms with van der Waals surface area (Å²) in [4.78, 5) is 27.4. The molecule has 5 nitrogen and oxygen atoms in total. The molecule has 1 heterocycles. The first-order valence-corrected chi connectivity index (χ1v) is 9.83. The van der Waals surface area contributed by atoms with Gasteiger partial charge < -0.3 is 14.4 Å². The lowest BCUT2D eigenvalue weighted by Gasteiger charge is -2.32. The van der Waals surface area contributed by atoms with Crippen LogP contribution >= 0.6 is 0 Å². The van der Waals surface area contributed by atoms with Gasteiger partial charge in [0, 0.05) is 5.56 Å². The van der Waals surface area contributed by atoms with Gasteiger partial charge in [0.1, 0.15) is 18.4 Å². The zero-order chi connectivity index (χ0) is 19.7. The molecule has 4 rings (SSSR count). The van der Waals surface area contributed by atoms with Gasteiger partial charge in [-0.1, -0.05) is 49.7 Å². The number of esters is 1. The number of amides is 1. The second-order valence-corrected chi connectivity index (χ2v) is 7.52. The Morgan fingerprint density at radius 2 is 1.93 bits per heavy atom. The fraction of sp³-hybridized carbons (Fsp3) is 0.391. The van der Waals surface area contributed by atoms with Crippen molar-refractivity contribution in [1.29, 1.82) is 0 Å². The van der Waals surface area contributed by atoms with Crippen molar-refractivity contribution in [2.75, 3.05) is 7.11 Å². The Morgan fingerprint density at radius 3 is 2.57 bits per heavy atom. The molecule has 1 atom stereocenters. The zero-order valence-corrected chi connectivity index (χ0v) is 16.3. The van der Waals surface area contributed by atoms with Crippen molar-refractivity contribution in [2.45, 2.75) is 50.8 Å². The van der Waals surface area contributed by atoms with Crippen molar-refractivity contribution in [3.8, 4) is 5.75 Å². The summed E-state index contributed by atoms with van der Waals surface area (Å²) in [7, 11) is 1.38. The Labute approximate surface area is 165 Å². The predicted molar refractivity (Wildman–Crippen MR) is 105 cm³/mol. The van der Waals surface area contributed by atoms with Gasteiger partial charge in [-0.2, -0.15) is 0 Å². The summed E-state index contributed by atoms with van der Waals surface area (Å²) in [5, 5.41) is 0. The van der Waals surface area contributed by atoms with Crippen molar-refractivity contribution in [2.24, 2.45) is 0 Å². The summed E-state index contributed by atoms with van der Waals surface area (Å²) in [6.07, 6.45) is 3.17. The zero-order valence-electron chi connectivity index (χ0n) is 16.3. The number of carbonyl (C=O) groups excluding carboxylic acids is 2. The first kappa shape index (κ1) is 18.5. The van der Waals surface area contributed by atoms with Crippen molar-refractivity contribution >= 4 is 11.9 Å². The highest BCUT2D eigenvalue weighted by atomic mass is 16.5. The van der Waals surface area contributed by atoms with Crippen molar-refractivity contribution in [3.05, 3.63) is 65.2 Å². The van der Waals surface area contributed by atoms with Crippen LogP contribution in [-0.4, -0.2) is 29.9 Å². The third kappa shape index (κ3) is 3.05. The van der Waals surface area contributed by atoms with Crippen LogP contribution in [0.2, 0.25) is 0 Å². The maximum atomic E-state index is 13.3. The Kier molecular flexibility index (Phi) is 4.84. The van der Waals surface area contributed by atoms with Gasteiger partial charge >= 0.3 is 5.97 Å². The molecule has 1 aliphatic heterocycles. The normalized spacial score (nSPS) is 17.4. The van der Waals surface area contributed by atoms with Gasteiger partial charge in [-0.15, -0.1) is 0 Å². The molecule has 0 saturated heterocycles. The third-order valence-corrected chi connectivity index (χ3v) is 5.72. The monoisotopic (exact) mass is 379 g/mol. The topological polar surface area (TPSA) is 55.8 Å². The smallest absolute Gasteiger partial charge is 0.328 e. The average molecular weight is 379 g/mol. The molecule has 5 heteroatoms. The number of hydrogen-bond acceptors (Lipinski definition) is 4. The summed E-state index contributed by atoms with van der Waals surface area (Å²) >= 11 is 0. The van der Waals surface area contributed by atoms with E-state index in [-0.39, 0.29) is 17.4 Å². The molecule has 0 radical (unpaired) electrons. The lowest BCUT2D eigenvalue weighted by Crippen LogP contribution is -2.47. The molecular formula is C23H25NO4. The molecule has 2 aromatic rings. The summed E-state index contributed by atoms with van der Waals surface area (Å²) in [6.45, 7) is 2.46. The number of nitrogens with zero attached hydrogens (tertiary/aromatic N) is 1. The van der Waals surface area contributed by atoms with Gasteiger partial charge in [-0.05, 0) is 42.5 Å². The average Bonchev–Trinajstić information content (AvgIpc) is 3.48. The quantitative estimate of drug-likeness (QED) is 0.681. The van der Waals surface area contributed by atoms with Gasteiger partial charge in [0.2, 0.25) is 0 Å². The molecule has 146 valence electrons. The molecule has 1 amide bonds. The SMILES string of the molecule is CCCC(C(=O)OC)N1C(=O)c2cc(OCc3ccccc3)ccc2C12CC2. The molecule has 0 N–H and O–H groups in total. The van der Waals surface area contributed by atoms with Crippen LogP contribution in [0.1, 0.15) is 54.1 Å². The summed E-state index contributed by atoms with van der Waals surface area (Å²) in [5.74, 6) is 0.232. The molecule has 0 bridgehead atoms. The Bertz CT molecular complexity index is 889. The molecule has 1 unspecified atom stereocenters. The van der Waals surface area contributed by atoms with Gasteiger partial charge in [-0.3, -0.25) is 4.79 Å². The van der Waals surface area contributed by atoms with E-state index in [0.29, 0.717) is 24.3 Å². The number of rotatable bonds is 7. The van der Waals surface area contributed by atoms with E-state index in [2.05, 4.69) is 0 Å². The van der Waals surface area contributed by atoms with E-state index in [9.17, 15) is 9.59 Å². The molecule has 2 aromatic carbocycles. The summed E-state index contributed by atoms with van der Waals surface area (Å²) in [6, 6.07) is 15.1. The standard InChI is InChI=1S/C23H25NO4/c1-3-7-20(22(26)27-2)24-21(25)18-14-17(10-11-19(18)23(24)12-13-23)28-15-16-8-5-4-6-9-16/h4-6,8-11,14,20H,3,7,12-13,15H2,1-2H3. The van der Waals surface area contributed by atoms with E-state index in [4.69, 9.17) is 9.47 Å². The van der Waals surface area contributed by atoms with Crippen LogP contribution in [0.4, 0.5) is 0 Å². The minimum absolute atomic E-state index is 0.0958. The fourth-order valence-electron chi connectivity index (χ4n) is 4.22. The number of ether oxygens (including phenoxy) is 2. The van der Waals surface area contributed by atoms with Crippen LogP contribution in [-0.2, 0) is 21.7 Å². The van der Waals surface area contributed by atoms with Crippen LogP contribution in [0, 0.1) is 0 Å². The van der Waals surface area contributed by atoms with Crippen molar-refractivity contribution < 1.29 is 19.1 Å². The van der Waals surface area contributed by atoms with Crippen LogP contribution in [0.15, 0.2) is 48.5 Å². The van der Waals surface area contributed by atoms with Crippen LogP contribution < -0.4 is 4.74 Å². The van der Waals surface area contributed by atoms with Gasteiger partial charge in [0.05, 0.1) is 12.6 Å². The van der Waals surface area contributed by atoms with E-state index in [0.717, 1.165) is 30.4 Å². The lowest BCUT2D eigenvalue weighted by atomic mass is 10.0. The number of carbonyl (C=O) groups is 2. The Hall–Kier alpha value is -2.82. The number of benzene rings is 2. The highest BCUT2D eigenvalue weighted by Crippen LogP contribution is 2.58. The first-order valence-electron chi connectivity index (χ1n) is 9.83. The van der Waals surface area contributed by atoms with E-state index in [1.54, 1.807) is 4.90 Å². The second kappa shape index (κ2) is 7.30. The van der Waals surface area contributed by atoms with Gasteiger partial charge in [0.25, 0.3) is 5.91 Å². The molecule has 1 saturated carbocycles. The van der Waals surface area contributed by atoms with Crippen LogP contribution in [0.25, 0.3) is 0 Å². The Morgan fingerprint density at radius 1 is 1.18 bits per heavy atom. The largest absolute Gasteiger partial charge is 0.489 e. The highest BCUT2D eigenvalue weighted by Gasteiger charge is 2.60. The minimum atomic E-state index is -0.536. The number of hydrogen-bond donors (Lipinski definition) is 0. The van der Waals surface area contributed by atoms with Gasteiger partial charge in [-0.25, -0.2) is 4.79 Å². The predicted octanol–water partition coefficient (Wildman–Crippen LogP) is 4.05. The van der Waals surface area contributed by atoms with E-state index in [1.165, 1.54) is 7.11 Å². The maximum Gasteiger partial charge on any atom is 0.328 e. The maximum absolute atomic E-state index is 13.3. The van der Waals surface area contributed by atoms with Crippen LogP contribution in [0.3, 0.4) is 0 Å². The van der Waals surface area contributed by atoms with Crippen molar-refractivity contribution in [1.82, 2.24) is 4.90 Å². The van der Waals surface area contributed by atoms with E-state index >= 15 is 0 Å². The molecule has 1 aliphatic carbocycles. The second-order valence-electron chi connectivity index (χ2n) is 7.52. The molecule has 28 heavy (non-hydrogen) atoms. The fourth-order valence-corrected chi connectivity index (χ4v) is 4.22. The first-order chi connectivity index (χ1) is 13.6. The third-order valence-electron chi connectivity index (χ3n) is 5.72. The minimum Gasteiger partial charge on any atom is -0.489 e. The van der Waals surface area contributed by atoms with E-state index in [1.807, 2.05) is 55.5 Å². The Balaban J connectivity index is 1.60. The van der Waals surface area contributed by atoms with Crippen molar-refractivity contribution in [3.63, 3.8) is 0 Å². The number of fused-ring (bicyclic) bond motifs is 2. The summed E-state index contributed by atoms with van der Waals surface area (Å²) in [5.41, 5.74) is 2.38. The molecule has 1 spiro atoms. The summed E-state index contributed by atoms with van der Waals surface area (Å²) < 4.78 is 10.9. The number of methoxy groups -OCH3 is 1. The lowest BCUT2D eigenvalue weighted by molar-refractivity contribution is -0.147. The van der Waals surface area contributed by atoms with E-state index < -0.39 is 6.04 Å². The molecule has 2 aliphatic rings. The van der Waals surface area contributed by atoms with Gasteiger partial charge in [0.15, 0.2) is 0 Å².